The zero-order valence-corrected chi connectivity index (χ0v) is 14.7. The molecule has 124 valence electrons. The SMILES string of the molecule is CC(C)(C)C(CCN)CCCN1CCC2CCCCC2C1. The molecule has 1 heterocycles. The van der Waals surface area contributed by atoms with Crippen molar-refractivity contribution in [2.45, 2.75) is 72.1 Å². The molecule has 0 aromatic rings. The van der Waals surface area contributed by atoms with Gasteiger partial charge in [-0.05, 0) is 74.9 Å². The van der Waals surface area contributed by atoms with Crippen molar-refractivity contribution >= 4 is 0 Å². The van der Waals surface area contributed by atoms with Gasteiger partial charge in [0, 0.05) is 6.54 Å². The number of nitrogens with zero attached hydrogens (tertiary/aromatic N) is 1. The van der Waals surface area contributed by atoms with Crippen LogP contribution in [-0.4, -0.2) is 31.1 Å². The summed E-state index contributed by atoms with van der Waals surface area (Å²) >= 11 is 0. The van der Waals surface area contributed by atoms with E-state index in [0.29, 0.717) is 5.41 Å². The molecule has 2 N–H and O–H groups in total. The quantitative estimate of drug-likeness (QED) is 0.792. The molecule has 2 nitrogen and oxygen atoms in total. The summed E-state index contributed by atoms with van der Waals surface area (Å²) in [7, 11) is 0. The van der Waals surface area contributed by atoms with Gasteiger partial charge in [0.1, 0.15) is 0 Å². The van der Waals surface area contributed by atoms with Crippen LogP contribution >= 0.6 is 0 Å². The zero-order chi connectivity index (χ0) is 15.3. The van der Waals surface area contributed by atoms with Crippen LogP contribution in [0.1, 0.15) is 72.1 Å². The van der Waals surface area contributed by atoms with Crippen molar-refractivity contribution in [1.82, 2.24) is 4.90 Å². The Morgan fingerprint density at radius 3 is 2.43 bits per heavy atom. The molecule has 1 saturated heterocycles. The van der Waals surface area contributed by atoms with Crippen LogP contribution in [0, 0.1) is 23.2 Å². The molecule has 1 aliphatic carbocycles. The minimum Gasteiger partial charge on any atom is -0.330 e. The Labute approximate surface area is 132 Å². The van der Waals surface area contributed by atoms with Crippen molar-refractivity contribution in [2.24, 2.45) is 28.9 Å². The van der Waals surface area contributed by atoms with E-state index in [1.54, 1.807) is 0 Å². The summed E-state index contributed by atoms with van der Waals surface area (Å²) in [4.78, 5) is 2.76. The van der Waals surface area contributed by atoms with Gasteiger partial charge in [-0.25, -0.2) is 0 Å². The van der Waals surface area contributed by atoms with Gasteiger partial charge < -0.3 is 10.6 Å². The molecular weight excluding hydrogens is 256 g/mol. The van der Waals surface area contributed by atoms with E-state index in [0.717, 1.165) is 24.3 Å². The Morgan fingerprint density at radius 1 is 1.05 bits per heavy atom. The number of rotatable bonds is 6. The number of fused-ring (bicyclic) bond motifs is 1. The fraction of sp³-hybridized carbons (Fsp3) is 1.00. The molecule has 0 aromatic carbocycles. The maximum Gasteiger partial charge on any atom is 0.00123 e. The molecule has 0 radical (unpaired) electrons. The Kier molecular flexibility index (Phi) is 6.55. The lowest BCUT2D eigenvalue weighted by Crippen LogP contribution is -2.42. The lowest BCUT2D eigenvalue weighted by molar-refractivity contribution is 0.0825. The molecule has 0 spiro atoms. The lowest BCUT2D eigenvalue weighted by atomic mass is 9.74. The van der Waals surface area contributed by atoms with Crippen LogP contribution in [0.15, 0.2) is 0 Å². The topological polar surface area (TPSA) is 29.3 Å². The Morgan fingerprint density at radius 2 is 1.76 bits per heavy atom. The van der Waals surface area contributed by atoms with Gasteiger partial charge in [-0.2, -0.15) is 0 Å². The molecule has 2 heteroatoms. The summed E-state index contributed by atoms with van der Waals surface area (Å²) in [5, 5.41) is 0. The maximum absolute atomic E-state index is 5.80. The van der Waals surface area contributed by atoms with E-state index in [9.17, 15) is 0 Å². The van der Waals surface area contributed by atoms with Crippen molar-refractivity contribution in [3.63, 3.8) is 0 Å². The molecule has 2 aliphatic rings. The Balaban J connectivity index is 1.70. The lowest BCUT2D eigenvalue weighted by Gasteiger charge is -2.41. The number of hydrogen-bond donors (Lipinski definition) is 1. The molecule has 1 aliphatic heterocycles. The third kappa shape index (κ3) is 5.25. The molecule has 3 unspecified atom stereocenters. The fourth-order valence-corrected chi connectivity index (χ4v) is 4.65. The van der Waals surface area contributed by atoms with E-state index in [-0.39, 0.29) is 0 Å². The van der Waals surface area contributed by atoms with Crippen molar-refractivity contribution in [1.29, 1.82) is 0 Å². The highest BCUT2D eigenvalue weighted by Gasteiger charge is 2.31. The van der Waals surface area contributed by atoms with Gasteiger partial charge in [0.25, 0.3) is 0 Å². The molecule has 2 rings (SSSR count). The predicted octanol–water partition coefficient (Wildman–Crippen LogP) is 4.29. The normalized spacial score (nSPS) is 29.1. The second-order valence-electron chi connectivity index (χ2n) is 8.68. The van der Waals surface area contributed by atoms with E-state index in [1.165, 1.54) is 71.0 Å². The van der Waals surface area contributed by atoms with Crippen LogP contribution in [0.5, 0.6) is 0 Å². The number of hydrogen-bond acceptors (Lipinski definition) is 2. The van der Waals surface area contributed by atoms with Gasteiger partial charge in [-0.15, -0.1) is 0 Å². The first-order valence-electron chi connectivity index (χ1n) is 9.43. The smallest absolute Gasteiger partial charge is 0.00123 e. The minimum atomic E-state index is 0.412. The fourth-order valence-electron chi connectivity index (χ4n) is 4.65. The van der Waals surface area contributed by atoms with Crippen LogP contribution < -0.4 is 5.73 Å². The molecular formula is C19H38N2. The van der Waals surface area contributed by atoms with Gasteiger partial charge in [0.05, 0.1) is 0 Å². The maximum atomic E-state index is 5.80. The van der Waals surface area contributed by atoms with Crippen molar-refractivity contribution in [2.75, 3.05) is 26.2 Å². The first-order valence-corrected chi connectivity index (χ1v) is 9.43. The monoisotopic (exact) mass is 294 g/mol. The van der Waals surface area contributed by atoms with Crippen molar-refractivity contribution < 1.29 is 0 Å². The number of piperidine rings is 1. The molecule has 0 bridgehead atoms. The van der Waals surface area contributed by atoms with E-state index >= 15 is 0 Å². The molecule has 0 aromatic heterocycles. The van der Waals surface area contributed by atoms with Gasteiger partial charge in [-0.1, -0.05) is 40.0 Å². The van der Waals surface area contributed by atoms with Crippen molar-refractivity contribution in [3.8, 4) is 0 Å². The number of likely N-dealkylation sites (tertiary alicyclic amines) is 1. The molecule has 1 saturated carbocycles. The second kappa shape index (κ2) is 7.97. The summed E-state index contributed by atoms with van der Waals surface area (Å²) in [6.07, 6.45) is 11.4. The van der Waals surface area contributed by atoms with Gasteiger partial charge in [0.15, 0.2) is 0 Å². The van der Waals surface area contributed by atoms with Crippen LogP contribution in [0.4, 0.5) is 0 Å². The summed E-state index contributed by atoms with van der Waals surface area (Å²) in [5.74, 6) is 2.87. The highest BCUT2D eigenvalue weighted by atomic mass is 15.1. The van der Waals surface area contributed by atoms with Crippen molar-refractivity contribution in [3.05, 3.63) is 0 Å². The summed E-state index contributed by atoms with van der Waals surface area (Å²) in [6.45, 7) is 12.0. The van der Waals surface area contributed by atoms with E-state index < -0.39 is 0 Å². The molecule has 3 atom stereocenters. The summed E-state index contributed by atoms with van der Waals surface area (Å²) in [6, 6.07) is 0. The van der Waals surface area contributed by atoms with Crippen LogP contribution in [0.3, 0.4) is 0 Å². The average Bonchev–Trinajstić information content (AvgIpc) is 2.45. The Hall–Kier alpha value is -0.0800. The van der Waals surface area contributed by atoms with Gasteiger partial charge in [0.2, 0.25) is 0 Å². The van der Waals surface area contributed by atoms with E-state index in [4.69, 9.17) is 5.73 Å². The second-order valence-corrected chi connectivity index (χ2v) is 8.68. The largest absolute Gasteiger partial charge is 0.330 e. The first kappa shape index (κ1) is 17.3. The Bertz CT molecular complexity index is 294. The zero-order valence-electron chi connectivity index (χ0n) is 14.7. The highest BCUT2D eigenvalue weighted by molar-refractivity contribution is 4.84. The molecule has 0 amide bonds. The van der Waals surface area contributed by atoms with E-state index in [1.807, 2.05) is 0 Å². The third-order valence-electron chi connectivity index (χ3n) is 6.14. The highest BCUT2D eigenvalue weighted by Crippen LogP contribution is 2.36. The average molecular weight is 295 g/mol. The molecule has 2 fully saturated rings. The van der Waals surface area contributed by atoms with Crippen LogP contribution in [0.2, 0.25) is 0 Å². The van der Waals surface area contributed by atoms with Crippen LogP contribution in [-0.2, 0) is 0 Å². The minimum absolute atomic E-state index is 0.412. The molecule has 21 heavy (non-hydrogen) atoms. The van der Waals surface area contributed by atoms with Gasteiger partial charge in [-0.3, -0.25) is 0 Å². The van der Waals surface area contributed by atoms with E-state index in [2.05, 4.69) is 25.7 Å². The summed E-state index contributed by atoms with van der Waals surface area (Å²) < 4.78 is 0. The number of nitrogens with two attached hydrogens (primary N) is 1. The van der Waals surface area contributed by atoms with Crippen LogP contribution in [0.25, 0.3) is 0 Å². The predicted molar refractivity (Wildman–Crippen MR) is 92.4 cm³/mol. The van der Waals surface area contributed by atoms with Gasteiger partial charge >= 0.3 is 0 Å². The third-order valence-corrected chi connectivity index (χ3v) is 6.14. The standard InChI is InChI=1S/C19H38N2/c1-19(2,3)18(10-12-20)9-6-13-21-14-11-16-7-4-5-8-17(16)15-21/h16-18H,4-15,20H2,1-3H3. The summed E-state index contributed by atoms with van der Waals surface area (Å²) in [5.41, 5.74) is 6.22. The first-order chi connectivity index (χ1) is 10.0.